The van der Waals surface area contributed by atoms with E-state index in [4.69, 9.17) is 4.42 Å². The van der Waals surface area contributed by atoms with Crippen molar-refractivity contribution in [2.75, 3.05) is 4.90 Å². The lowest BCUT2D eigenvalue weighted by Gasteiger charge is -2.28. The van der Waals surface area contributed by atoms with E-state index in [-0.39, 0.29) is 0 Å². The Balaban J connectivity index is 1.15. The fourth-order valence-electron chi connectivity index (χ4n) is 8.19. The number of hydrogen-bond donors (Lipinski definition) is 0. The van der Waals surface area contributed by atoms with Gasteiger partial charge in [0.05, 0.1) is 5.69 Å². The van der Waals surface area contributed by atoms with E-state index in [9.17, 15) is 0 Å². The highest BCUT2D eigenvalue weighted by Gasteiger charge is 2.24. The second kappa shape index (κ2) is 12.9. The minimum absolute atomic E-state index is 0.859. The number of rotatable bonds is 6. The van der Waals surface area contributed by atoms with Crippen LogP contribution in [0.5, 0.6) is 0 Å². The molecule has 0 aliphatic rings. The smallest absolute Gasteiger partial charge is 0.160 e. The first-order valence-electron chi connectivity index (χ1n) is 18.7. The quantitative estimate of drug-likeness (QED) is 0.170. The van der Waals surface area contributed by atoms with Crippen LogP contribution < -0.4 is 4.90 Å². The molecule has 2 heterocycles. The summed E-state index contributed by atoms with van der Waals surface area (Å²) in [5.41, 5.74) is 11.9. The van der Waals surface area contributed by atoms with Crippen LogP contribution in [0.4, 0.5) is 17.1 Å². The molecule has 0 aliphatic heterocycles. The Morgan fingerprint density at radius 1 is 0.382 bits per heavy atom. The lowest BCUT2D eigenvalue weighted by Crippen LogP contribution is -2.11. The number of furan rings is 1. The molecule has 11 aromatic rings. The average molecular weight is 720 g/mol. The zero-order valence-corrected chi connectivity index (χ0v) is 30.6. The average Bonchev–Trinajstić information content (AvgIpc) is 3.82. The molecule has 0 saturated heterocycles. The van der Waals surface area contributed by atoms with E-state index in [1.165, 1.54) is 47.8 Å². The number of fused-ring (bicyclic) bond motifs is 7. The molecule has 2 nitrogen and oxygen atoms in total. The van der Waals surface area contributed by atoms with Crippen molar-refractivity contribution in [3.63, 3.8) is 0 Å². The Morgan fingerprint density at radius 2 is 0.964 bits per heavy atom. The number of thiophene rings is 1. The van der Waals surface area contributed by atoms with Gasteiger partial charge in [-0.1, -0.05) is 152 Å². The SMILES string of the molecule is c1ccc(-c2ccc(N(c3ccc(-c4cccc5c4sc4ccccc45)cc3)c3c(-c4ccccc4)ccc4c3oc3cc5ccccc5cc34)cc2)cc1. The number of benzene rings is 9. The fourth-order valence-corrected chi connectivity index (χ4v) is 9.43. The van der Waals surface area contributed by atoms with Crippen LogP contribution in [-0.2, 0) is 0 Å². The van der Waals surface area contributed by atoms with Gasteiger partial charge in [0.25, 0.3) is 0 Å². The van der Waals surface area contributed by atoms with Crippen LogP contribution in [0, 0.1) is 0 Å². The van der Waals surface area contributed by atoms with Gasteiger partial charge in [0.1, 0.15) is 5.58 Å². The van der Waals surface area contributed by atoms with E-state index in [2.05, 4.69) is 205 Å². The Labute approximate surface area is 322 Å². The van der Waals surface area contributed by atoms with Gasteiger partial charge in [0.2, 0.25) is 0 Å². The first kappa shape index (κ1) is 31.6. The van der Waals surface area contributed by atoms with E-state index in [0.29, 0.717) is 0 Å². The van der Waals surface area contributed by atoms with Crippen molar-refractivity contribution in [3.8, 4) is 33.4 Å². The summed E-state index contributed by atoms with van der Waals surface area (Å²) in [4.78, 5) is 2.38. The third-order valence-corrected chi connectivity index (χ3v) is 12.1. The molecule has 0 bridgehead atoms. The first-order valence-corrected chi connectivity index (χ1v) is 19.5. The highest BCUT2D eigenvalue weighted by molar-refractivity contribution is 7.26. The van der Waals surface area contributed by atoms with Crippen molar-refractivity contribution >= 4 is 81.3 Å². The predicted octanol–water partition coefficient (Wildman–Crippen LogP) is 15.6. The molecule has 0 N–H and O–H groups in total. The van der Waals surface area contributed by atoms with Gasteiger partial charge >= 0.3 is 0 Å². The van der Waals surface area contributed by atoms with Crippen LogP contribution in [0.3, 0.4) is 0 Å². The van der Waals surface area contributed by atoms with Crippen LogP contribution in [0.15, 0.2) is 205 Å². The van der Waals surface area contributed by atoms with Crippen molar-refractivity contribution in [2.24, 2.45) is 0 Å². The molecule has 2 aromatic heterocycles. The Morgan fingerprint density at radius 3 is 1.71 bits per heavy atom. The molecule has 0 aliphatic carbocycles. The third kappa shape index (κ3) is 5.32. The highest BCUT2D eigenvalue weighted by atomic mass is 32.1. The van der Waals surface area contributed by atoms with Crippen molar-refractivity contribution < 1.29 is 4.42 Å². The van der Waals surface area contributed by atoms with Crippen molar-refractivity contribution in [2.45, 2.75) is 0 Å². The normalized spacial score (nSPS) is 11.6. The van der Waals surface area contributed by atoms with Gasteiger partial charge in [0.15, 0.2) is 5.58 Å². The van der Waals surface area contributed by atoms with E-state index in [1.54, 1.807) is 0 Å². The molecule has 0 atom stereocenters. The summed E-state index contributed by atoms with van der Waals surface area (Å²) in [6.45, 7) is 0. The minimum Gasteiger partial charge on any atom is -0.454 e. The van der Waals surface area contributed by atoms with Gasteiger partial charge in [-0.25, -0.2) is 0 Å². The Bertz CT molecular complexity index is 3180. The number of nitrogens with zero attached hydrogens (tertiary/aromatic N) is 1. The summed E-state index contributed by atoms with van der Waals surface area (Å²) in [5.74, 6) is 0. The maximum Gasteiger partial charge on any atom is 0.160 e. The monoisotopic (exact) mass is 719 g/mol. The topological polar surface area (TPSA) is 16.4 Å². The summed E-state index contributed by atoms with van der Waals surface area (Å²) < 4.78 is 9.63. The van der Waals surface area contributed by atoms with Crippen molar-refractivity contribution in [1.82, 2.24) is 0 Å². The zero-order valence-electron chi connectivity index (χ0n) is 29.8. The second-order valence-corrected chi connectivity index (χ2v) is 15.1. The molecule has 0 spiro atoms. The summed E-state index contributed by atoms with van der Waals surface area (Å²) in [5, 5.41) is 7.18. The number of hydrogen-bond acceptors (Lipinski definition) is 3. The van der Waals surface area contributed by atoms with Crippen molar-refractivity contribution in [3.05, 3.63) is 200 Å². The molecule has 0 amide bonds. The summed E-state index contributed by atoms with van der Waals surface area (Å²) >= 11 is 1.87. The largest absolute Gasteiger partial charge is 0.454 e. The molecule has 9 aromatic carbocycles. The van der Waals surface area contributed by atoms with Gasteiger partial charge in [-0.05, 0) is 87.1 Å². The second-order valence-electron chi connectivity index (χ2n) is 14.1. The Hall–Kier alpha value is -6.94. The van der Waals surface area contributed by atoms with Crippen LogP contribution in [-0.4, -0.2) is 0 Å². The van der Waals surface area contributed by atoms with Crippen LogP contribution in [0.1, 0.15) is 0 Å². The van der Waals surface area contributed by atoms with Crippen LogP contribution in [0.25, 0.3) is 86.3 Å². The van der Waals surface area contributed by atoms with Gasteiger partial charge in [-0.15, -0.1) is 11.3 Å². The van der Waals surface area contributed by atoms with Crippen LogP contribution >= 0.6 is 11.3 Å². The van der Waals surface area contributed by atoms with Gasteiger partial charge < -0.3 is 9.32 Å². The van der Waals surface area contributed by atoms with E-state index in [0.717, 1.165) is 55.5 Å². The molecule has 0 fully saturated rings. The highest BCUT2D eigenvalue weighted by Crippen LogP contribution is 2.49. The maximum absolute atomic E-state index is 7.00. The zero-order chi connectivity index (χ0) is 36.3. The van der Waals surface area contributed by atoms with Crippen molar-refractivity contribution in [1.29, 1.82) is 0 Å². The lowest BCUT2D eigenvalue weighted by molar-refractivity contribution is 0.670. The van der Waals surface area contributed by atoms with Gasteiger partial charge in [-0.2, -0.15) is 0 Å². The first-order chi connectivity index (χ1) is 27.3. The van der Waals surface area contributed by atoms with E-state index < -0.39 is 0 Å². The molecule has 258 valence electrons. The van der Waals surface area contributed by atoms with Crippen LogP contribution in [0.2, 0.25) is 0 Å². The summed E-state index contributed by atoms with van der Waals surface area (Å²) in [6.07, 6.45) is 0. The number of anilines is 3. The van der Waals surface area contributed by atoms with Gasteiger partial charge in [0, 0.05) is 47.9 Å². The minimum atomic E-state index is 0.859. The maximum atomic E-state index is 7.00. The summed E-state index contributed by atoms with van der Waals surface area (Å²) in [6, 6.07) is 72.1. The standard InChI is InChI=1S/C52H33NOS/c1-3-12-34(13-4-1)35-22-26-40(27-23-35)53(41-28-24-37(25-29-41)43-19-11-20-46-44-18-9-10-21-49(44)55-52(43)46)50-42(36-14-5-2-6-15-36)30-31-45-47-32-38-16-7-8-17-39(38)33-48(47)54-51(45)50/h1-33H. The molecular weight excluding hydrogens is 687 g/mol. The molecule has 0 unspecified atom stereocenters. The molecule has 0 radical (unpaired) electrons. The van der Waals surface area contributed by atoms with E-state index >= 15 is 0 Å². The molecule has 3 heteroatoms. The third-order valence-electron chi connectivity index (χ3n) is 10.9. The predicted molar refractivity (Wildman–Crippen MR) is 235 cm³/mol. The van der Waals surface area contributed by atoms with E-state index in [1.807, 2.05) is 11.3 Å². The molecule has 0 saturated carbocycles. The summed E-state index contributed by atoms with van der Waals surface area (Å²) in [7, 11) is 0. The van der Waals surface area contributed by atoms with Gasteiger partial charge in [-0.3, -0.25) is 0 Å². The molecule has 55 heavy (non-hydrogen) atoms. The Kier molecular flexibility index (Phi) is 7.39. The lowest BCUT2D eigenvalue weighted by atomic mass is 9.97. The fraction of sp³-hybridized carbons (Fsp3) is 0. The molecule has 11 rings (SSSR count). The molecular formula is C52H33NOS.